The third kappa shape index (κ3) is 3.10. The second-order valence-corrected chi connectivity index (χ2v) is 7.23. The maximum Gasteiger partial charge on any atom is 0.340 e. The van der Waals surface area contributed by atoms with Crippen LogP contribution in [0.1, 0.15) is 35.0 Å². The van der Waals surface area contributed by atoms with Crippen LogP contribution in [0.2, 0.25) is 0 Å². The zero-order valence-corrected chi connectivity index (χ0v) is 15.5. The van der Waals surface area contributed by atoms with Crippen molar-refractivity contribution >= 4 is 39.4 Å². The summed E-state index contributed by atoms with van der Waals surface area (Å²) < 4.78 is 19.9. The van der Waals surface area contributed by atoms with Gasteiger partial charge in [-0.15, -0.1) is 0 Å². The molecular weight excluding hydrogens is 419 g/mol. The second kappa shape index (κ2) is 6.77. The Morgan fingerprint density at radius 2 is 2.00 bits per heavy atom. The van der Waals surface area contributed by atoms with Crippen molar-refractivity contribution in [2.75, 3.05) is 5.32 Å². The van der Waals surface area contributed by atoms with Crippen LogP contribution in [0.15, 0.2) is 46.9 Å². The summed E-state index contributed by atoms with van der Waals surface area (Å²) in [5, 5.41) is 2.52. The van der Waals surface area contributed by atoms with Gasteiger partial charge in [-0.3, -0.25) is 14.5 Å². The number of carbonyl (C=O) groups is 3. The van der Waals surface area contributed by atoms with E-state index in [0.29, 0.717) is 15.6 Å². The molecule has 2 aliphatic heterocycles. The van der Waals surface area contributed by atoms with Gasteiger partial charge in [0.1, 0.15) is 11.9 Å². The van der Waals surface area contributed by atoms with Crippen molar-refractivity contribution < 1.29 is 23.5 Å². The van der Waals surface area contributed by atoms with Gasteiger partial charge in [0.25, 0.3) is 0 Å². The number of nitrogens with zero attached hydrogens (tertiary/aromatic N) is 1. The molecule has 1 unspecified atom stereocenters. The van der Waals surface area contributed by atoms with E-state index in [1.54, 1.807) is 30.3 Å². The molecule has 0 aliphatic carbocycles. The summed E-state index contributed by atoms with van der Waals surface area (Å²) >= 11 is 3.16. The molecule has 1 fully saturated rings. The van der Waals surface area contributed by atoms with Crippen molar-refractivity contribution in [1.29, 1.82) is 0 Å². The number of amides is 2. The van der Waals surface area contributed by atoms with Gasteiger partial charge in [-0.2, -0.15) is 0 Å². The third-order valence-electron chi connectivity index (χ3n) is 4.67. The number of esters is 1. The molecule has 2 amide bonds. The highest BCUT2D eigenvalue weighted by atomic mass is 79.9. The number of likely N-dealkylation sites (tertiary alicyclic amines) is 1. The average molecular weight is 433 g/mol. The fourth-order valence-corrected chi connectivity index (χ4v) is 3.73. The van der Waals surface area contributed by atoms with Gasteiger partial charge in [0, 0.05) is 16.5 Å². The molecule has 6 nitrogen and oxygen atoms in total. The van der Waals surface area contributed by atoms with E-state index in [0.717, 1.165) is 0 Å². The number of carbonyl (C=O) groups excluding carboxylic acids is 3. The molecule has 27 heavy (non-hydrogen) atoms. The number of cyclic esters (lactones) is 1. The molecule has 0 bridgehead atoms. The summed E-state index contributed by atoms with van der Waals surface area (Å²) in [7, 11) is 0. The first kappa shape index (κ1) is 17.7. The molecule has 2 aromatic rings. The maximum atomic E-state index is 14.0. The van der Waals surface area contributed by atoms with E-state index < -0.39 is 30.0 Å². The van der Waals surface area contributed by atoms with E-state index in [4.69, 9.17) is 4.74 Å². The van der Waals surface area contributed by atoms with E-state index in [9.17, 15) is 18.8 Å². The fourth-order valence-electron chi connectivity index (χ4n) is 3.39. The molecule has 0 radical (unpaired) electrons. The molecule has 0 aromatic heterocycles. The first-order chi connectivity index (χ1) is 13.0. The number of anilines is 1. The lowest BCUT2D eigenvalue weighted by molar-refractivity contribution is -0.144. The van der Waals surface area contributed by atoms with Crippen LogP contribution in [0.5, 0.6) is 0 Å². The number of benzene rings is 2. The van der Waals surface area contributed by atoms with Crippen molar-refractivity contribution in [2.24, 2.45) is 0 Å². The monoisotopic (exact) mass is 432 g/mol. The average Bonchev–Trinajstić information content (AvgIpc) is 3.18. The molecular formula is C19H14BrFN2O4. The quantitative estimate of drug-likeness (QED) is 0.754. The lowest BCUT2D eigenvalue weighted by Gasteiger charge is -2.29. The topological polar surface area (TPSA) is 75.7 Å². The normalized spacial score (nSPS) is 21.2. The van der Waals surface area contributed by atoms with Crippen LogP contribution in [-0.4, -0.2) is 28.7 Å². The van der Waals surface area contributed by atoms with Gasteiger partial charge in [-0.05, 0) is 30.7 Å². The summed E-state index contributed by atoms with van der Waals surface area (Å²) in [6.45, 7) is 0. The van der Waals surface area contributed by atoms with Crippen LogP contribution in [0.4, 0.5) is 10.1 Å². The largest absolute Gasteiger partial charge is 0.433 e. The van der Waals surface area contributed by atoms with Crippen molar-refractivity contribution in [3.05, 3.63) is 63.9 Å². The number of halogens is 2. The van der Waals surface area contributed by atoms with Gasteiger partial charge >= 0.3 is 5.97 Å². The Balaban J connectivity index is 1.60. The van der Waals surface area contributed by atoms with Crippen molar-refractivity contribution in [3.63, 3.8) is 0 Å². The summed E-state index contributed by atoms with van der Waals surface area (Å²) in [6.07, 6.45) is -0.537. The lowest BCUT2D eigenvalue weighted by Crippen LogP contribution is -2.44. The highest BCUT2D eigenvalue weighted by molar-refractivity contribution is 9.10. The number of fused-ring (bicyclic) bond motifs is 1. The minimum atomic E-state index is -0.950. The van der Waals surface area contributed by atoms with Crippen LogP contribution in [0.3, 0.4) is 0 Å². The summed E-state index contributed by atoms with van der Waals surface area (Å²) in [6, 6.07) is 10.2. The van der Waals surface area contributed by atoms with Crippen LogP contribution < -0.4 is 5.32 Å². The first-order valence-corrected chi connectivity index (χ1v) is 9.12. The molecule has 4 rings (SSSR count). The number of rotatable bonds is 3. The predicted octanol–water partition coefficient (Wildman–Crippen LogP) is 3.39. The highest BCUT2D eigenvalue weighted by Crippen LogP contribution is 2.38. The molecule has 1 saturated heterocycles. The standard InChI is InChI=1S/C19H14BrFN2O4/c20-10-5-6-14(13(21)9-10)22-17(25)15-7-8-16(24)23(15)18-11-3-1-2-4-12(11)19(26)27-18/h1-6,9,15,18H,7-8H2,(H,22,25)/t15-,18?/m0/s1. The Morgan fingerprint density at radius 3 is 2.78 bits per heavy atom. The summed E-state index contributed by atoms with van der Waals surface area (Å²) in [5.41, 5.74) is 0.942. The van der Waals surface area contributed by atoms with Crippen LogP contribution >= 0.6 is 15.9 Å². The molecule has 0 spiro atoms. The Bertz CT molecular complexity index is 964. The summed E-state index contributed by atoms with van der Waals surface area (Å²) in [5.74, 6) is -1.94. The minimum absolute atomic E-state index is 0.0197. The van der Waals surface area contributed by atoms with Gasteiger partial charge in [-0.25, -0.2) is 9.18 Å². The van der Waals surface area contributed by atoms with E-state index >= 15 is 0 Å². The van der Waals surface area contributed by atoms with Crippen molar-refractivity contribution in [1.82, 2.24) is 4.90 Å². The van der Waals surface area contributed by atoms with Crippen LogP contribution in [-0.2, 0) is 14.3 Å². The molecule has 2 atom stereocenters. The number of hydrogen-bond donors (Lipinski definition) is 1. The van der Waals surface area contributed by atoms with E-state index in [-0.39, 0.29) is 24.4 Å². The van der Waals surface area contributed by atoms with E-state index in [1.165, 1.54) is 17.0 Å². The smallest absolute Gasteiger partial charge is 0.340 e. The van der Waals surface area contributed by atoms with E-state index in [2.05, 4.69) is 21.2 Å². The highest BCUT2D eigenvalue weighted by Gasteiger charge is 2.46. The Labute approximate surface area is 162 Å². The Hall–Kier alpha value is -2.74. The number of hydrogen-bond acceptors (Lipinski definition) is 4. The molecule has 2 heterocycles. The lowest BCUT2D eigenvalue weighted by atomic mass is 10.1. The molecule has 2 aliphatic rings. The molecule has 138 valence electrons. The number of nitrogens with one attached hydrogen (secondary N) is 1. The predicted molar refractivity (Wildman–Crippen MR) is 97.2 cm³/mol. The van der Waals surface area contributed by atoms with Crippen molar-refractivity contribution in [3.8, 4) is 0 Å². The molecule has 0 saturated carbocycles. The van der Waals surface area contributed by atoms with Gasteiger partial charge in [-0.1, -0.05) is 34.1 Å². The fraction of sp³-hybridized carbons (Fsp3) is 0.211. The Morgan fingerprint density at radius 1 is 1.22 bits per heavy atom. The minimum Gasteiger partial charge on any atom is -0.433 e. The van der Waals surface area contributed by atoms with Gasteiger partial charge in [0.15, 0.2) is 0 Å². The SMILES string of the molecule is O=C1OC(N2C(=O)CC[C@H]2C(=O)Nc2ccc(Br)cc2F)c2ccccc21. The Kier molecular flexibility index (Phi) is 4.43. The summed E-state index contributed by atoms with van der Waals surface area (Å²) in [4.78, 5) is 38.5. The third-order valence-corrected chi connectivity index (χ3v) is 5.16. The van der Waals surface area contributed by atoms with Crippen molar-refractivity contribution in [2.45, 2.75) is 25.1 Å². The van der Waals surface area contributed by atoms with E-state index in [1.807, 2.05) is 0 Å². The number of ether oxygens (including phenoxy) is 1. The van der Waals surface area contributed by atoms with Crippen LogP contribution in [0.25, 0.3) is 0 Å². The van der Waals surface area contributed by atoms with Crippen LogP contribution in [0, 0.1) is 5.82 Å². The molecule has 2 aromatic carbocycles. The first-order valence-electron chi connectivity index (χ1n) is 8.32. The second-order valence-electron chi connectivity index (χ2n) is 6.31. The van der Waals surface area contributed by atoms with Gasteiger partial charge in [0.2, 0.25) is 18.0 Å². The zero-order valence-electron chi connectivity index (χ0n) is 13.9. The molecule has 8 heteroatoms. The van der Waals surface area contributed by atoms with Gasteiger partial charge < -0.3 is 10.1 Å². The zero-order chi connectivity index (χ0) is 19.1. The maximum absolute atomic E-state index is 14.0. The molecule has 1 N–H and O–H groups in total. The van der Waals surface area contributed by atoms with Gasteiger partial charge in [0.05, 0.1) is 11.3 Å².